The first-order valence-corrected chi connectivity index (χ1v) is 11.2. The smallest absolute Gasteiger partial charge is 0.245 e. The third kappa shape index (κ3) is 4.84. The van der Waals surface area contributed by atoms with Gasteiger partial charge in [-0.05, 0) is 49.1 Å². The summed E-state index contributed by atoms with van der Waals surface area (Å²) >= 11 is 12.1. The molecule has 0 aromatic heterocycles. The van der Waals surface area contributed by atoms with Gasteiger partial charge in [-0.1, -0.05) is 41.4 Å². The van der Waals surface area contributed by atoms with Crippen LogP contribution in [0.3, 0.4) is 0 Å². The van der Waals surface area contributed by atoms with E-state index in [4.69, 9.17) is 23.2 Å². The molecule has 1 aliphatic rings. The van der Waals surface area contributed by atoms with Crippen molar-refractivity contribution in [2.45, 2.75) is 36.2 Å². The van der Waals surface area contributed by atoms with Crippen LogP contribution in [0.4, 0.5) is 4.39 Å². The SMILES string of the molecule is CN(CCCC1CC(c2cccc(F)c2)NN1)S(=O)(=O)c1c(Cl)cccc1Cl. The van der Waals surface area contributed by atoms with Gasteiger partial charge in [0.1, 0.15) is 10.7 Å². The Balaban J connectivity index is 1.54. The Hall–Kier alpha value is -1.22. The highest BCUT2D eigenvalue weighted by Crippen LogP contribution is 2.31. The molecule has 1 heterocycles. The van der Waals surface area contributed by atoms with Crippen molar-refractivity contribution in [3.8, 4) is 0 Å². The summed E-state index contributed by atoms with van der Waals surface area (Å²) in [6.45, 7) is 0.340. The van der Waals surface area contributed by atoms with Crippen LogP contribution in [0.1, 0.15) is 30.9 Å². The number of benzene rings is 2. The van der Waals surface area contributed by atoms with Crippen LogP contribution in [0.25, 0.3) is 0 Å². The number of hydrazine groups is 1. The normalized spacial score (nSPS) is 20.0. The molecule has 0 saturated carbocycles. The van der Waals surface area contributed by atoms with Crippen LogP contribution in [-0.2, 0) is 10.0 Å². The number of hydrogen-bond donors (Lipinski definition) is 2. The van der Waals surface area contributed by atoms with Crippen molar-refractivity contribution in [2.24, 2.45) is 0 Å². The lowest BCUT2D eigenvalue weighted by Gasteiger charge is -2.19. The van der Waals surface area contributed by atoms with E-state index in [1.807, 2.05) is 6.07 Å². The Kier molecular flexibility index (Phi) is 6.96. The van der Waals surface area contributed by atoms with Crippen molar-refractivity contribution in [2.75, 3.05) is 13.6 Å². The second kappa shape index (κ2) is 9.07. The van der Waals surface area contributed by atoms with E-state index in [0.717, 1.165) is 18.4 Å². The van der Waals surface area contributed by atoms with Gasteiger partial charge in [-0.2, -0.15) is 0 Å². The van der Waals surface area contributed by atoms with E-state index >= 15 is 0 Å². The number of nitrogens with one attached hydrogen (secondary N) is 2. The molecular weight excluding hydrogens is 424 g/mol. The van der Waals surface area contributed by atoms with Crippen LogP contribution in [0, 0.1) is 5.82 Å². The summed E-state index contributed by atoms with van der Waals surface area (Å²) < 4.78 is 40.2. The second-order valence-corrected chi connectivity index (χ2v) is 9.64. The minimum absolute atomic E-state index is 0.0316. The average molecular weight is 446 g/mol. The first-order valence-electron chi connectivity index (χ1n) is 8.96. The molecule has 2 atom stereocenters. The van der Waals surface area contributed by atoms with Crippen LogP contribution in [-0.4, -0.2) is 32.4 Å². The van der Waals surface area contributed by atoms with Gasteiger partial charge in [0.15, 0.2) is 0 Å². The van der Waals surface area contributed by atoms with Crippen molar-refractivity contribution < 1.29 is 12.8 Å². The van der Waals surface area contributed by atoms with E-state index < -0.39 is 10.0 Å². The monoisotopic (exact) mass is 445 g/mol. The third-order valence-electron chi connectivity index (χ3n) is 4.85. The molecule has 3 rings (SSSR count). The fraction of sp³-hybridized carbons (Fsp3) is 0.368. The maximum absolute atomic E-state index is 13.4. The number of sulfonamides is 1. The molecule has 152 valence electrons. The Labute approximate surface area is 174 Å². The lowest BCUT2D eigenvalue weighted by Crippen LogP contribution is -2.32. The highest BCUT2D eigenvalue weighted by Gasteiger charge is 2.28. The summed E-state index contributed by atoms with van der Waals surface area (Å²) in [4.78, 5) is -0.0624. The van der Waals surface area contributed by atoms with Gasteiger partial charge in [0, 0.05) is 25.7 Å². The van der Waals surface area contributed by atoms with Gasteiger partial charge in [-0.3, -0.25) is 10.9 Å². The van der Waals surface area contributed by atoms with Gasteiger partial charge < -0.3 is 0 Å². The Morgan fingerprint density at radius 2 is 1.82 bits per heavy atom. The predicted octanol–water partition coefficient (Wildman–Crippen LogP) is 4.14. The zero-order valence-corrected chi connectivity index (χ0v) is 17.7. The largest absolute Gasteiger partial charge is 0.254 e. The van der Waals surface area contributed by atoms with E-state index in [-0.39, 0.29) is 32.8 Å². The van der Waals surface area contributed by atoms with Gasteiger partial charge in [0.2, 0.25) is 10.0 Å². The lowest BCUT2D eigenvalue weighted by molar-refractivity contribution is 0.428. The lowest BCUT2D eigenvalue weighted by atomic mass is 10.00. The second-order valence-electron chi connectivity index (χ2n) is 6.85. The van der Waals surface area contributed by atoms with Crippen LogP contribution in [0.2, 0.25) is 10.0 Å². The molecule has 0 radical (unpaired) electrons. The maximum atomic E-state index is 13.4. The molecule has 1 fully saturated rings. The summed E-state index contributed by atoms with van der Waals surface area (Å²) in [5, 5.41) is 0.220. The predicted molar refractivity (Wildman–Crippen MR) is 109 cm³/mol. The summed E-state index contributed by atoms with van der Waals surface area (Å²) in [5.74, 6) is -0.257. The summed E-state index contributed by atoms with van der Waals surface area (Å²) in [7, 11) is -2.24. The quantitative estimate of drug-likeness (QED) is 0.671. The molecular formula is C19H22Cl2FN3O2S. The van der Waals surface area contributed by atoms with E-state index in [9.17, 15) is 12.8 Å². The van der Waals surface area contributed by atoms with Crippen LogP contribution >= 0.6 is 23.2 Å². The molecule has 2 aromatic carbocycles. The summed E-state index contributed by atoms with van der Waals surface area (Å²) in [6.07, 6.45) is 2.23. The van der Waals surface area contributed by atoms with Gasteiger partial charge in [-0.25, -0.2) is 17.1 Å². The third-order valence-corrected chi connectivity index (χ3v) is 7.66. The molecule has 1 aliphatic heterocycles. The molecule has 0 aliphatic carbocycles. The van der Waals surface area contributed by atoms with Gasteiger partial charge in [-0.15, -0.1) is 0 Å². The van der Waals surface area contributed by atoms with Crippen molar-refractivity contribution in [3.63, 3.8) is 0 Å². The van der Waals surface area contributed by atoms with Gasteiger partial charge >= 0.3 is 0 Å². The van der Waals surface area contributed by atoms with Crippen molar-refractivity contribution in [3.05, 3.63) is 63.9 Å². The molecule has 1 saturated heterocycles. The summed E-state index contributed by atoms with van der Waals surface area (Å²) in [6, 6.07) is 11.4. The zero-order chi connectivity index (χ0) is 20.3. The molecule has 28 heavy (non-hydrogen) atoms. The fourth-order valence-electron chi connectivity index (χ4n) is 3.32. The highest BCUT2D eigenvalue weighted by atomic mass is 35.5. The van der Waals surface area contributed by atoms with Crippen molar-refractivity contribution in [1.29, 1.82) is 0 Å². The first-order chi connectivity index (χ1) is 13.3. The number of rotatable bonds is 7. The number of nitrogens with zero attached hydrogens (tertiary/aromatic N) is 1. The number of halogens is 3. The van der Waals surface area contributed by atoms with Crippen LogP contribution < -0.4 is 10.9 Å². The van der Waals surface area contributed by atoms with E-state index in [0.29, 0.717) is 13.0 Å². The topological polar surface area (TPSA) is 61.4 Å². The maximum Gasteiger partial charge on any atom is 0.245 e. The Morgan fingerprint density at radius 3 is 2.50 bits per heavy atom. The van der Waals surface area contributed by atoms with E-state index in [2.05, 4.69) is 10.9 Å². The molecule has 2 unspecified atom stereocenters. The molecule has 0 spiro atoms. The Morgan fingerprint density at radius 1 is 1.14 bits per heavy atom. The average Bonchev–Trinajstić information content (AvgIpc) is 3.10. The Bertz CT molecular complexity index is 922. The first kappa shape index (κ1) is 21.5. The standard InChI is InChI=1S/C19H22Cl2FN3O2S/c1-25(28(26,27)19-16(20)8-3-9-17(19)21)10-4-7-15-12-18(24-23-15)13-5-2-6-14(22)11-13/h2-3,5-6,8-9,11,15,18,23-24H,4,7,10,12H2,1H3. The van der Waals surface area contributed by atoms with Crippen molar-refractivity contribution >= 4 is 33.2 Å². The van der Waals surface area contributed by atoms with Gasteiger partial charge in [0.25, 0.3) is 0 Å². The van der Waals surface area contributed by atoms with Crippen LogP contribution in [0.5, 0.6) is 0 Å². The van der Waals surface area contributed by atoms with Crippen molar-refractivity contribution in [1.82, 2.24) is 15.2 Å². The molecule has 2 N–H and O–H groups in total. The van der Waals surface area contributed by atoms with E-state index in [1.54, 1.807) is 12.1 Å². The fourth-order valence-corrected chi connectivity index (χ4v) is 5.61. The molecule has 9 heteroatoms. The molecule has 5 nitrogen and oxygen atoms in total. The minimum atomic E-state index is -3.76. The summed E-state index contributed by atoms with van der Waals surface area (Å²) in [5.41, 5.74) is 7.27. The molecule has 0 bridgehead atoms. The minimum Gasteiger partial charge on any atom is -0.254 e. The zero-order valence-electron chi connectivity index (χ0n) is 15.3. The highest BCUT2D eigenvalue weighted by molar-refractivity contribution is 7.89. The number of hydrogen-bond acceptors (Lipinski definition) is 4. The van der Waals surface area contributed by atoms with E-state index in [1.165, 1.54) is 35.6 Å². The van der Waals surface area contributed by atoms with Gasteiger partial charge in [0.05, 0.1) is 10.0 Å². The molecule has 0 amide bonds. The molecule has 2 aromatic rings. The van der Waals surface area contributed by atoms with Crippen LogP contribution in [0.15, 0.2) is 47.4 Å².